The number of aryl methyl sites for hydroxylation is 1. The number of hydrogen-bond donors (Lipinski definition) is 2. The van der Waals surface area contributed by atoms with Crippen LogP contribution in [0.15, 0.2) is 18.2 Å². The molecule has 0 saturated heterocycles. The molecule has 0 aliphatic rings. The lowest BCUT2D eigenvalue weighted by molar-refractivity contribution is -0.122. The zero-order valence-corrected chi connectivity index (χ0v) is 11.4. The van der Waals surface area contributed by atoms with Crippen LogP contribution in [0.5, 0.6) is 0 Å². The third-order valence-corrected chi connectivity index (χ3v) is 2.81. The van der Waals surface area contributed by atoms with Crippen LogP contribution in [-0.2, 0) is 9.53 Å². The molecule has 1 rings (SSSR count). The van der Waals surface area contributed by atoms with Gasteiger partial charge in [-0.2, -0.15) is 0 Å². The summed E-state index contributed by atoms with van der Waals surface area (Å²) in [6.07, 6.45) is 0.890. The largest absolute Gasteiger partial charge is 0.478 e. The van der Waals surface area contributed by atoms with Gasteiger partial charge in [0.05, 0.1) is 11.7 Å². The number of benzene rings is 1. The molecular formula is C14H19NO4. The molecule has 0 fully saturated rings. The van der Waals surface area contributed by atoms with Crippen molar-refractivity contribution in [3.8, 4) is 0 Å². The van der Waals surface area contributed by atoms with Gasteiger partial charge in [-0.3, -0.25) is 4.79 Å². The van der Waals surface area contributed by atoms with Crippen LogP contribution in [0.4, 0.5) is 5.69 Å². The highest BCUT2D eigenvalue weighted by Crippen LogP contribution is 2.15. The van der Waals surface area contributed by atoms with Gasteiger partial charge in [0.1, 0.15) is 6.61 Å². The predicted molar refractivity (Wildman–Crippen MR) is 72.5 cm³/mol. The number of carbonyl (C=O) groups is 2. The summed E-state index contributed by atoms with van der Waals surface area (Å²) < 4.78 is 5.31. The lowest BCUT2D eigenvalue weighted by atomic mass is 10.1. The maximum atomic E-state index is 11.6. The highest BCUT2D eigenvalue weighted by atomic mass is 16.5. The van der Waals surface area contributed by atoms with Gasteiger partial charge in [-0.05, 0) is 44.0 Å². The van der Waals surface area contributed by atoms with Crippen molar-refractivity contribution in [3.05, 3.63) is 29.3 Å². The molecule has 1 unspecified atom stereocenters. The molecule has 0 aliphatic heterocycles. The fourth-order valence-corrected chi connectivity index (χ4v) is 1.51. The van der Waals surface area contributed by atoms with E-state index >= 15 is 0 Å². The minimum Gasteiger partial charge on any atom is -0.478 e. The molecule has 1 amide bonds. The van der Waals surface area contributed by atoms with E-state index in [4.69, 9.17) is 9.84 Å². The van der Waals surface area contributed by atoms with Crippen LogP contribution in [0, 0.1) is 6.92 Å². The van der Waals surface area contributed by atoms with Crippen LogP contribution < -0.4 is 5.32 Å². The zero-order valence-electron chi connectivity index (χ0n) is 11.4. The molecule has 5 heteroatoms. The van der Waals surface area contributed by atoms with E-state index in [2.05, 4.69) is 5.32 Å². The van der Waals surface area contributed by atoms with Gasteiger partial charge in [0.2, 0.25) is 5.91 Å². The molecule has 0 aromatic heterocycles. The quantitative estimate of drug-likeness (QED) is 0.828. The van der Waals surface area contributed by atoms with E-state index in [0.29, 0.717) is 11.3 Å². The smallest absolute Gasteiger partial charge is 0.335 e. The first-order valence-corrected chi connectivity index (χ1v) is 6.19. The first-order valence-electron chi connectivity index (χ1n) is 6.19. The third-order valence-electron chi connectivity index (χ3n) is 2.81. The van der Waals surface area contributed by atoms with Gasteiger partial charge in [0.15, 0.2) is 0 Å². The number of carbonyl (C=O) groups excluding carboxylic acids is 1. The van der Waals surface area contributed by atoms with Gasteiger partial charge in [-0.25, -0.2) is 4.79 Å². The number of anilines is 1. The Kier molecular flexibility index (Phi) is 5.51. The second-order valence-electron chi connectivity index (χ2n) is 4.41. The normalized spacial score (nSPS) is 11.9. The average Bonchev–Trinajstić information content (AvgIpc) is 2.35. The minimum atomic E-state index is -0.976. The van der Waals surface area contributed by atoms with E-state index in [1.54, 1.807) is 19.1 Å². The Bertz CT molecular complexity index is 471. The number of carboxylic acids is 1. The van der Waals surface area contributed by atoms with Crippen LogP contribution in [0.25, 0.3) is 0 Å². The summed E-state index contributed by atoms with van der Waals surface area (Å²) in [7, 11) is 0. The molecule has 5 nitrogen and oxygen atoms in total. The summed E-state index contributed by atoms with van der Waals surface area (Å²) in [6, 6.07) is 4.67. The fraction of sp³-hybridized carbons (Fsp3) is 0.429. The summed E-state index contributed by atoms with van der Waals surface area (Å²) in [5.41, 5.74) is 1.40. The van der Waals surface area contributed by atoms with Crippen LogP contribution >= 0.6 is 0 Å². The number of nitrogens with one attached hydrogen (secondary N) is 1. The van der Waals surface area contributed by atoms with Gasteiger partial charge in [-0.1, -0.05) is 6.92 Å². The standard InChI is InChI=1S/C14H19NO4/c1-4-10(3)19-8-13(16)15-11-5-6-12(14(17)18)9(2)7-11/h5-7,10H,4,8H2,1-3H3,(H,15,16)(H,17,18). The molecule has 0 radical (unpaired) electrons. The molecule has 104 valence electrons. The molecular weight excluding hydrogens is 246 g/mol. The van der Waals surface area contributed by atoms with Gasteiger partial charge >= 0.3 is 5.97 Å². The van der Waals surface area contributed by atoms with Gasteiger partial charge in [-0.15, -0.1) is 0 Å². The Morgan fingerprint density at radius 1 is 1.42 bits per heavy atom. The first kappa shape index (κ1) is 15.2. The maximum absolute atomic E-state index is 11.6. The number of rotatable bonds is 6. The van der Waals surface area contributed by atoms with Crippen molar-refractivity contribution in [1.82, 2.24) is 0 Å². The van der Waals surface area contributed by atoms with Crippen molar-refractivity contribution in [2.24, 2.45) is 0 Å². The molecule has 0 saturated carbocycles. The van der Waals surface area contributed by atoms with E-state index in [1.807, 2.05) is 13.8 Å². The maximum Gasteiger partial charge on any atom is 0.335 e. The van der Waals surface area contributed by atoms with Crippen LogP contribution in [0.1, 0.15) is 36.2 Å². The highest BCUT2D eigenvalue weighted by Gasteiger charge is 2.09. The summed E-state index contributed by atoms with van der Waals surface area (Å²) >= 11 is 0. The van der Waals surface area contributed by atoms with Gasteiger partial charge in [0.25, 0.3) is 0 Å². The SMILES string of the molecule is CCC(C)OCC(=O)Nc1ccc(C(=O)O)c(C)c1. The third kappa shape index (κ3) is 4.71. The monoisotopic (exact) mass is 265 g/mol. The van der Waals surface area contributed by atoms with E-state index in [0.717, 1.165) is 6.42 Å². The Morgan fingerprint density at radius 3 is 2.63 bits per heavy atom. The highest BCUT2D eigenvalue weighted by molar-refractivity contribution is 5.94. The van der Waals surface area contributed by atoms with Crippen LogP contribution in [0.2, 0.25) is 0 Å². The first-order chi connectivity index (χ1) is 8.93. The van der Waals surface area contributed by atoms with E-state index in [-0.39, 0.29) is 24.2 Å². The molecule has 0 heterocycles. The number of hydrogen-bond acceptors (Lipinski definition) is 3. The van der Waals surface area contributed by atoms with Crippen molar-refractivity contribution < 1.29 is 19.4 Å². The van der Waals surface area contributed by atoms with Gasteiger partial charge in [0, 0.05) is 5.69 Å². The summed E-state index contributed by atoms with van der Waals surface area (Å²) in [4.78, 5) is 22.5. The molecule has 0 spiro atoms. The zero-order chi connectivity index (χ0) is 14.4. The topological polar surface area (TPSA) is 75.6 Å². The molecule has 1 aromatic carbocycles. The predicted octanol–water partition coefficient (Wildman–Crippen LogP) is 2.45. The Morgan fingerprint density at radius 2 is 2.11 bits per heavy atom. The Balaban J connectivity index is 2.60. The van der Waals surface area contributed by atoms with Crippen LogP contribution in [0.3, 0.4) is 0 Å². The number of aromatic carboxylic acids is 1. The van der Waals surface area contributed by atoms with Gasteiger partial charge < -0.3 is 15.2 Å². The van der Waals surface area contributed by atoms with Crippen molar-refractivity contribution in [2.75, 3.05) is 11.9 Å². The number of ether oxygens (including phenoxy) is 1. The van der Waals surface area contributed by atoms with E-state index in [1.165, 1.54) is 6.07 Å². The lowest BCUT2D eigenvalue weighted by Crippen LogP contribution is -2.21. The van der Waals surface area contributed by atoms with Crippen molar-refractivity contribution in [3.63, 3.8) is 0 Å². The second-order valence-corrected chi connectivity index (χ2v) is 4.41. The number of carboxylic acid groups (broad SMARTS) is 1. The van der Waals surface area contributed by atoms with E-state index < -0.39 is 5.97 Å². The molecule has 0 aliphatic carbocycles. The Hall–Kier alpha value is -1.88. The minimum absolute atomic E-state index is 0.00522. The lowest BCUT2D eigenvalue weighted by Gasteiger charge is -2.11. The Labute approximate surface area is 112 Å². The van der Waals surface area contributed by atoms with Crippen molar-refractivity contribution >= 4 is 17.6 Å². The van der Waals surface area contributed by atoms with Crippen molar-refractivity contribution in [1.29, 1.82) is 0 Å². The summed E-state index contributed by atoms with van der Waals surface area (Å²) in [6.45, 7) is 5.57. The fourth-order valence-electron chi connectivity index (χ4n) is 1.51. The van der Waals surface area contributed by atoms with Crippen LogP contribution in [-0.4, -0.2) is 29.7 Å². The van der Waals surface area contributed by atoms with E-state index in [9.17, 15) is 9.59 Å². The average molecular weight is 265 g/mol. The molecule has 19 heavy (non-hydrogen) atoms. The van der Waals surface area contributed by atoms with Crippen molar-refractivity contribution in [2.45, 2.75) is 33.3 Å². The number of amides is 1. The molecule has 1 aromatic rings. The summed E-state index contributed by atoms with van der Waals surface area (Å²) in [5, 5.41) is 11.6. The molecule has 0 bridgehead atoms. The summed E-state index contributed by atoms with van der Waals surface area (Å²) in [5.74, 6) is -1.22. The second kappa shape index (κ2) is 6.89. The molecule has 2 N–H and O–H groups in total. The molecule has 1 atom stereocenters.